The van der Waals surface area contributed by atoms with E-state index in [0.717, 1.165) is 16.8 Å². The van der Waals surface area contributed by atoms with Crippen molar-refractivity contribution < 1.29 is 14.7 Å². The van der Waals surface area contributed by atoms with Crippen molar-refractivity contribution in [1.82, 2.24) is 9.55 Å². The van der Waals surface area contributed by atoms with Gasteiger partial charge in [0.1, 0.15) is 11.9 Å². The minimum absolute atomic E-state index is 0.0693. The molecule has 0 aliphatic heterocycles. The van der Waals surface area contributed by atoms with Gasteiger partial charge >= 0.3 is 0 Å². The normalized spacial score (nSPS) is 11.4. The molecule has 6 N–H and O–H groups in total. The summed E-state index contributed by atoms with van der Waals surface area (Å²) in [6.45, 7) is 3.67. The number of nitrogens with two attached hydrogens (primary N) is 2. The number of aryl methyl sites for hydroxylation is 2. The molecule has 3 rings (SSSR count). The highest BCUT2D eigenvalue weighted by Crippen LogP contribution is 2.16. The van der Waals surface area contributed by atoms with Gasteiger partial charge in [-0.25, -0.2) is 4.98 Å². The van der Waals surface area contributed by atoms with Gasteiger partial charge in [0.05, 0.1) is 10.9 Å². The SMILES string of the molecule is Cc1cccc(NC=O)c1.Cc1nc2ccc(CN)cc2c(=O)n1C(CCO)C(N)=O. The van der Waals surface area contributed by atoms with Gasteiger partial charge in [0.2, 0.25) is 12.3 Å². The number of aliphatic hydroxyl groups is 1. The van der Waals surface area contributed by atoms with E-state index in [0.29, 0.717) is 29.7 Å². The van der Waals surface area contributed by atoms with Crippen LogP contribution in [0.2, 0.25) is 0 Å². The summed E-state index contributed by atoms with van der Waals surface area (Å²) in [6, 6.07) is 11.9. The molecule has 2 aromatic carbocycles. The number of carbonyl (C=O) groups is 2. The smallest absolute Gasteiger partial charge is 0.262 e. The van der Waals surface area contributed by atoms with E-state index in [9.17, 15) is 14.4 Å². The molecule has 9 nitrogen and oxygen atoms in total. The number of hydrogen-bond donors (Lipinski definition) is 4. The van der Waals surface area contributed by atoms with Gasteiger partial charge in [-0.3, -0.25) is 19.0 Å². The molecular formula is C22H27N5O4. The summed E-state index contributed by atoms with van der Waals surface area (Å²) in [5.41, 5.74) is 13.9. The minimum atomic E-state index is -0.916. The summed E-state index contributed by atoms with van der Waals surface area (Å²) in [4.78, 5) is 38.5. The minimum Gasteiger partial charge on any atom is -0.396 e. The average molecular weight is 425 g/mol. The molecule has 0 bridgehead atoms. The molecule has 1 heterocycles. The zero-order chi connectivity index (χ0) is 23.0. The molecule has 0 spiro atoms. The zero-order valence-corrected chi connectivity index (χ0v) is 17.5. The lowest BCUT2D eigenvalue weighted by molar-refractivity contribution is -0.121. The molecule has 9 heteroatoms. The number of anilines is 1. The molecule has 0 fully saturated rings. The van der Waals surface area contributed by atoms with Gasteiger partial charge in [-0.05, 0) is 49.2 Å². The first-order valence-corrected chi connectivity index (χ1v) is 9.71. The van der Waals surface area contributed by atoms with Crippen LogP contribution in [0.1, 0.15) is 29.4 Å². The average Bonchev–Trinajstić information content (AvgIpc) is 2.73. The van der Waals surface area contributed by atoms with Crippen LogP contribution in [0.15, 0.2) is 47.3 Å². The number of rotatable bonds is 7. The molecule has 164 valence electrons. The Morgan fingerprint density at radius 1 is 1.26 bits per heavy atom. The van der Waals surface area contributed by atoms with Gasteiger partial charge in [-0.15, -0.1) is 0 Å². The third-order valence-corrected chi connectivity index (χ3v) is 4.66. The second-order valence-corrected chi connectivity index (χ2v) is 6.95. The first-order valence-electron chi connectivity index (χ1n) is 9.71. The molecular weight excluding hydrogens is 398 g/mol. The summed E-state index contributed by atoms with van der Waals surface area (Å²) in [7, 11) is 0. The maximum absolute atomic E-state index is 12.6. The Morgan fingerprint density at radius 3 is 2.58 bits per heavy atom. The van der Waals surface area contributed by atoms with E-state index < -0.39 is 11.9 Å². The topological polar surface area (TPSA) is 153 Å². The fourth-order valence-electron chi connectivity index (χ4n) is 3.17. The number of fused-ring (bicyclic) bond motifs is 1. The monoisotopic (exact) mass is 425 g/mol. The largest absolute Gasteiger partial charge is 0.396 e. The summed E-state index contributed by atoms with van der Waals surface area (Å²) in [5.74, 6) is -0.296. The highest BCUT2D eigenvalue weighted by molar-refractivity contribution is 5.81. The van der Waals surface area contributed by atoms with Crippen LogP contribution >= 0.6 is 0 Å². The van der Waals surface area contributed by atoms with Gasteiger partial charge in [-0.1, -0.05) is 18.2 Å². The van der Waals surface area contributed by atoms with Crippen LogP contribution in [0.3, 0.4) is 0 Å². The van der Waals surface area contributed by atoms with Crippen LogP contribution in [-0.4, -0.2) is 33.6 Å². The number of amides is 2. The lowest BCUT2D eigenvalue weighted by Crippen LogP contribution is -2.36. The summed E-state index contributed by atoms with van der Waals surface area (Å²) in [6.07, 6.45) is 0.745. The Balaban J connectivity index is 0.000000285. The first-order chi connectivity index (χ1) is 14.8. The van der Waals surface area contributed by atoms with Gasteiger partial charge in [0, 0.05) is 25.3 Å². The molecule has 0 aliphatic carbocycles. The summed E-state index contributed by atoms with van der Waals surface area (Å²) in [5, 5.41) is 12.0. The maximum Gasteiger partial charge on any atom is 0.262 e. The third kappa shape index (κ3) is 5.97. The van der Waals surface area contributed by atoms with Crippen molar-refractivity contribution in [3.05, 3.63) is 69.8 Å². The molecule has 1 unspecified atom stereocenters. The molecule has 31 heavy (non-hydrogen) atoms. The predicted molar refractivity (Wildman–Crippen MR) is 119 cm³/mol. The molecule has 1 aromatic heterocycles. The Hall–Kier alpha value is -3.56. The van der Waals surface area contributed by atoms with Crippen molar-refractivity contribution in [3.8, 4) is 0 Å². The fraction of sp³-hybridized carbons (Fsp3) is 0.273. The number of aromatic nitrogens is 2. The quantitative estimate of drug-likeness (QED) is 0.416. The van der Waals surface area contributed by atoms with Crippen LogP contribution in [0, 0.1) is 13.8 Å². The van der Waals surface area contributed by atoms with Crippen LogP contribution in [0.5, 0.6) is 0 Å². The van der Waals surface area contributed by atoms with Crippen LogP contribution in [-0.2, 0) is 16.1 Å². The Kier molecular flexibility index (Phi) is 8.42. The van der Waals surface area contributed by atoms with Gasteiger partial charge in [0.15, 0.2) is 0 Å². The molecule has 0 radical (unpaired) electrons. The number of aliphatic hydroxyl groups excluding tert-OH is 1. The van der Waals surface area contributed by atoms with E-state index in [1.54, 1.807) is 25.1 Å². The second-order valence-electron chi connectivity index (χ2n) is 6.95. The molecule has 2 amide bonds. The molecule has 3 aromatic rings. The van der Waals surface area contributed by atoms with E-state index >= 15 is 0 Å². The van der Waals surface area contributed by atoms with Gasteiger partial charge in [-0.2, -0.15) is 0 Å². The lowest BCUT2D eigenvalue weighted by Gasteiger charge is -2.18. The number of carbonyl (C=O) groups excluding carboxylic acids is 2. The van der Waals surface area contributed by atoms with Crippen LogP contribution < -0.4 is 22.3 Å². The molecule has 0 saturated heterocycles. The second kappa shape index (κ2) is 11.0. The fourth-order valence-corrected chi connectivity index (χ4v) is 3.17. The Bertz CT molecular complexity index is 1130. The van der Waals surface area contributed by atoms with Crippen molar-refractivity contribution in [2.24, 2.45) is 11.5 Å². The van der Waals surface area contributed by atoms with E-state index in [1.165, 1.54) is 4.57 Å². The van der Waals surface area contributed by atoms with E-state index in [1.807, 2.05) is 31.2 Å². The van der Waals surface area contributed by atoms with Crippen LogP contribution in [0.4, 0.5) is 5.69 Å². The summed E-state index contributed by atoms with van der Waals surface area (Å²) >= 11 is 0. The Morgan fingerprint density at radius 2 is 2.00 bits per heavy atom. The zero-order valence-electron chi connectivity index (χ0n) is 17.5. The number of benzene rings is 2. The molecule has 0 saturated carbocycles. The van der Waals surface area contributed by atoms with Gasteiger partial charge < -0.3 is 21.9 Å². The highest BCUT2D eigenvalue weighted by atomic mass is 16.3. The van der Waals surface area contributed by atoms with Crippen molar-refractivity contribution in [2.75, 3.05) is 11.9 Å². The maximum atomic E-state index is 12.6. The summed E-state index contributed by atoms with van der Waals surface area (Å²) < 4.78 is 1.24. The van der Waals surface area contributed by atoms with E-state index in [2.05, 4.69) is 10.3 Å². The Labute approximate surface area is 179 Å². The standard InChI is InChI=1S/C14H18N4O3.C8H9NO/c1-8-17-11-3-2-9(7-15)6-10(11)14(21)18(8)12(4-5-19)13(16)20;1-7-3-2-4-8(5-7)9-6-10/h2-3,6,12,19H,4-5,7,15H2,1H3,(H2,16,20);2-6H,1H3,(H,9,10). The van der Waals surface area contributed by atoms with Gasteiger partial charge in [0.25, 0.3) is 5.56 Å². The van der Waals surface area contributed by atoms with Crippen molar-refractivity contribution in [3.63, 3.8) is 0 Å². The van der Waals surface area contributed by atoms with Crippen molar-refractivity contribution in [2.45, 2.75) is 32.9 Å². The molecule has 0 aliphatic rings. The molecule has 1 atom stereocenters. The third-order valence-electron chi connectivity index (χ3n) is 4.66. The van der Waals surface area contributed by atoms with E-state index in [-0.39, 0.29) is 18.6 Å². The number of hydrogen-bond acceptors (Lipinski definition) is 6. The van der Waals surface area contributed by atoms with Crippen LogP contribution in [0.25, 0.3) is 10.9 Å². The predicted octanol–water partition coefficient (Wildman–Crippen LogP) is 1.14. The number of primary amides is 1. The highest BCUT2D eigenvalue weighted by Gasteiger charge is 2.22. The van der Waals surface area contributed by atoms with E-state index in [4.69, 9.17) is 16.6 Å². The number of nitrogens with zero attached hydrogens (tertiary/aromatic N) is 2. The first kappa shape index (κ1) is 23.7. The lowest BCUT2D eigenvalue weighted by atomic mass is 10.1. The van der Waals surface area contributed by atoms with Crippen molar-refractivity contribution in [1.29, 1.82) is 0 Å². The van der Waals surface area contributed by atoms with Crippen molar-refractivity contribution >= 4 is 28.9 Å². The number of nitrogens with one attached hydrogen (secondary N) is 1.